The minimum absolute atomic E-state index is 0.176. The highest BCUT2D eigenvalue weighted by Crippen LogP contribution is 2.27. The van der Waals surface area contributed by atoms with Crippen molar-refractivity contribution in [2.45, 2.75) is 13.5 Å². The van der Waals surface area contributed by atoms with Crippen LogP contribution in [0.5, 0.6) is 0 Å². The Morgan fingerprint density at radius 2 is 2.10 bits per heavy atom. The number of rotatable bonds is 4. The van der Waals surface area contributed by atoms with Gasteiger partial charge in [-0.15, -0.1) is 11.3 Å². The van der Waals surface area contributed by atoms with Crippen molar-refractivity contribution in [2.75, 3.05) is 5.32 Å². The molecule has 0 aliphatic heterocycles. The molecule has 2 N–H and O–H groups in total. The minimum Gasteiger partial charge on any atom is -0.478 e. The van der Waals surface area contributed by atoms with Gasteiger partial charge in [-0.1, -0.05) is 18.2 Å². The molecule has 0 radical (unpaired) electrons. The van der Waals surface area contributed by atoms with Gasteiger partial charge in [0, 0.05) is 22.7 Å². The molecule has 0 aliphatic rings. The fourth-order valence-electron chi connectivity index (χ4n) is 2.16. The molecule has 0 saturated carbocycles. The van der Waals surface area contributed by atoms with Crippen LogP contribution < -0.4 is 5.32 Å². The zero-order chi connectivity index (χ0) is 14.8. The van der Waals surface area contributed by atoms with Crippen LogP contribution in [0.1, 0.15) is 20.2 Å². The van der Waals surface area contributed by atoms with Gasteiger partial charge in [0.1, 0.15) is 5.56 Å². The van der Waals surface area contributed by atoms with Gasteiger partial charge in [-0.05, 0) is 13.0 Å². The van der Waals surface area contributed by atoms with E-state index in [1.54, 1.807) is 17.5 Å². The number of hydrogen-bond donors (Lipinski definition) is 2. The van der Waals surface area contributed by atoms with Gasteiger partial charge < -0.3 is 10.4 Å². The molecule has 106 valence electrons. The summed E-state index contributed by atoms with van der Waals surface area (Å²) in [4.78, 5) is 20.8. The number of pyridine rings is 1. The van der Waals surface area contributed by atoms with E-state index in [1.165, 1.54) is 6.20 Å². The minimum atomic E-state index is -0.990. The van der Waals surface area contributed by atoms with Crippen LogP contribution in [0.2, 0.25) is 0 Å². The lowest BCUT2D eigenvalue weighted by Crippen LogP contribution is -2.07. The maximum atomic E-state index is 11.4. The topological polar surface area (TPSA) is 75.1 Å². The average molecular weight is 299 g/mol. The van der Waals surface area contributed by atoms with Crippen LogP contribution in [0.15, 0.2) is 36.7 Å². The van der Waals surface area contributed by atoms with Gasteiger partial charge in [0.25, 0.3) is 0 Å². The van der Waals surface area contributed by atoms with Gasteiger partial charge in [0.15, 0.2) is 0 Å². The molecule has 0 fully saturated rings. The molecule has 3 rings (SSSR count). The molecular weight excluding hydrogens is 286 g/mol. The highest BCUT2D eigenvalue weighted by molar-refractivity contribution is 7.11. The Morgan fingerprint density at radius 3 is 2.81 bits per heavy atom. The molecule has 0 bridgehead atoms. The first kappa shape index (κ1) is 13.5. The summed E-state index contributed by atoms with van der Waals surface area (Å²) < 4.78 is 0. The number of para-hydroxylation sites is 1. The van der Waals surface area contributed by atoms with Crippen LogP contribution in [0.25, 0.3) is 10.9 Å². The van der Waals surface area contributed by atoms with Crippen LogP contribution in [-0.4, -0.2) is 21.0 Å². The molecule has 0 unspecified atom stereocenters. The molecule has 0 saturated heterocycles. The van der Waals surface area contributed by atoms with Crippen molar-refractivity contribution in [3.05, 3.63) is 52.1 Å². The number of aromatic carboxylic acids is 1. The third-order valence-electron chi connectivity index (χ3n) is 3.11. The number of carboxylic acid groups (broad SMARTS) is 1. The summed E-state index contributed by atoms with van der Waals surface area (Å²) in [5, 5.41) is 14.3. The fourth-order valence-corrected chi connectivity index (χ4v) is 2.89. The van der Waals surface area contributed by atoms with Crippen molar-refractivity contribution in [3.63, 3.8) is 0 Å². The number of aromatic nitrogens is 2. The fraction of sp³-hybridized carbons (Fsp3) is 0.133. The Labute approximate surface area is 125 Å². The summed E-state index contributed by atoms with van der Waals surface area (Å²) in [7, 11) is 0. The van der Waals surface area contributed by atoms with E-state index < -0.39 is 5.97 Å². The summed E-state index contributed by atoms with van der Waals surface area (Å²) >= 11 is 1.59. The lowest BCUT2D eigenvalue weighted by atomic mass is 10.1. The second-order valence-electron chi connectivity index (χ2n) is 4.57. The van der Waals surface area contributed by atoms with Gasteiger partial charge in [-0.25, -0.2) is 9.78 Å². The summed E-state index contributed by atoms with van der Waals surface area (Å²) in [6, 6.07) is 7.49. The van der Waals surface area contributed by atoms with Gasteiger partial charge >= 0.3 is 5.97 Å². The maximum Gasteiger partial charge on any atom is 0.339 e. The second-order valence-corrected chi connectivity index (χ2v) is 5.89. The van der Waals surface area contributed by atoms with Crippen LogP contribution in [-0.2, 0) is 6.54 Å². The van der Waals surface area contributed by atoms with Crippen LogP contribution in [0.3, 0.4) is 0 Å². The largest absolute Gasteiger partial charge is 0.478 e. The predicted octanol–water partition coefficient (Wildman–Crippen LogP) is 3.31. The highest BCUT2D eigenvalue weighted by atomic mass is 32.1. The number of nitrogens with zero attached hydrogens (tertiary/aromatic N) is 2. The van der Waals surface area contributed by atoms with Gasteiger partial charge in [0.05, 0.1) is 22.8 Å². The molecule has 0 aliphatic carbocycles. The Kier molecular flexibility index (Phi) is 3.53. The average Bonchev–Trinajstić information content (AvgIpc) is 2.90. The van der Waals surface area contributed by atoms with Crippen LogP contribution >= 0.6 is 11.3 Å². The van der Waals surface area contributed by atoms with Crippen molar-refractivity contribution < 1.29 is 9.90 Å². The number of thiazole rings is 1. The van der Waals surface area contributed by atoms with Gasteiger partial charge in [-0.3, -0.25) is 4.98 Å². The number of carboxylic acids is 1. The molecule has 21 heavy (non-hydrogen) atoms. The first-order valence-electron chi connectivity index (χ1n) is 6.41. The number of carbonyl (C=O) groups is 1. The van der Waals surface area contributed by atoms with E-state index in [-0.39, 0.29) is 5.56 Å². The molecule has 0 amide bonds. The standard InChI is InChI=1S/C15H13N3O2S/c1-9-16-6-10(21-9)7-18-14-11-4-2-3-5-13(11)17-8-12(14)15(19)20/h2-6,8H,7H2,1H3,(H,17,18)(H,19,20). The predicted molar refractivity (Wildman–Crippen MR) is 82.9 cm³/mol. The van der Waals surface area contributed by atoms with E-state index in [9.17, 15) is 9.90 Å². The molecule has 2 heterocycles. The molecular formula is C15H13N3O2S. The summed E-state index contributed by atoms with van der Waals surface area (Å²) in [5.41, 5.74) is 1.54. The number of fused-ring (bicyclic) bond motifs is 1. The first-order valence-corrected chi connectivity index (χ1v) is 7.23. The Morgan fingerprint density at radius 1 is 1.29 bits per heavy atom. The lowest BCUT2D eigenvalue weighted by molar-refractivity contribution is 0.0697. The van der Waals surface area contributed by atoms with Crippen LogP contribution in [0.4, 0.5) is 5.69 Å². The Balaban J connectivity index is 2.01. The van der Waals surface area contributed by atoms with E-state index >= 15 is 0 Å². The normalized spacial score (nSPS) is 10.7. The number of nitrogens with one attached hydrogen (secondary N) is 1. The first-order chi connectivity index (χ1) is 10.1. The number of benzene rings is 1. The molecule has 2 aromatic heterocycles. The van der Waals surface area contributed by atoms with Crippen molar-refractivity contribution >= 4 is 33.9 Å². The van der Waals surface area contributed by atoms with E-state index in [2.05, 4.69) is 15.3 Å². The quantitative estimate of drug-likeness (QED) is 0.773. The Bertz CT molecular complexity index is 814. The van der Waals surface area contributed by atoms with E-state index in [0.29, 0.717) is 12.2 Å². The SMILES string of the molecule is Cc1ncc(CNc2c(C(=O)O)cnc3ccccc23)s1. The van der Waals surface area contributed by atoms with Crippen molar-refractivity contribution in [1.29, 1.82) is 0 Å². The zero-order valence-corrected chi connectivity index (χ0v) is 12.1. The monoisotopic (exact) mass is 299 g/mol. The van der Waals surface area contributed by atoms with E-state index in [0.717, 1.165) is 20.8 Å². The third kappa shape index (κ3) is 2.71. The number of aryl methyl sites for hydroxylation is 1. The summed E-state index contributed by atoms with van der Waals surface area (Å²) in [5.74, 6) is -0.990. The van der Waals surface area contributed by atoms with Crippen LogP contribution in [0, 0.1) is 6.92 Å². The molecule has 3 aromatic rings. The van der Waals surface area contributed by atoms with Crippen molar-refractivity contribution in [2.24, 2.45) is 0 Å². The lowest BCUT2D eigenvalue weighted by Gasteiger charge is -2.11. The summed E-state index contributed by atoms with van der Waals surface area (Å²) in [6.07, 6.45) is 3.20. The van der Waals surface area contributed by atoms with E-state index in [1.807, 2.05) is 31.2 Å². The molecule has 6 heteroatoms. The van der Waals surface area contributed by atoms with E-state index in [4.69, 9.17) is 0 Å². The smallest absolute Gasteiger partial charge is 0.339 e. The van der Waals surface area contributed by atoms with Crippen molar-refractivity contribution in [1.82, 2.24) is 9.97 Å². The third-order valence-corrected chi connectivity index (χ3v) is 4.03. The van der Waals surface area contributed by atoms with Gasteiger partial charge in [0.2, 0.25) is 0 Å². The Hall–Kier alpha value is -2.47. The molecule has 1 aromatic carbocycles. The number of anilines is 1. The molecule has 0 atom stereocenters. The second kappa shape index (κ2) is 5.49. The van der Waals surface area contributed by atoms with Gasteiger partial charge in [-0.2, -0.15) is 0 Å². The molecule has 0 spiro atoms. The zero-order valence-electron chi connectivity index (χ0n) is 11.3. The van der Waals surface area contributed by atoms with Crippen molar-refractivity contribution in [3.8, 4) is 0 Å². The number of hydrogen-bond acceptors (Lipinski definition) is 5. The highest BCUT2D eigenvalue weighted by Gasteiger charge is 2.14. The molecule has 5 nitrogen and oxygen atoms in total. The maximum absolute atomic E-state index is 11.4. The summed E-state index contributed by atoms with van der Waals surface area (Å²) in [6.45, 7) is 2.48.